The lowest BCUT2D eigenvalue weighted by molar-refractivity contribution is -0.254. The highest BCUT2D eigenvalue weighted by Crippen LogP contribution is 2.65. The van der Waals surface area contributed by atoms with Crippen molar-refractivity contribution in [2.24, 2.45) is 0 Å². The summed E-state index contributed by atoms with van der Waals surface area (Å²) < 4.78 is 97.9. The Morgan fingerprint density at radius 3 is 1.38 bits per heavy atom. The van der Waals surface area contributed by atoms with E-state index in [4.69, 9.17) is 9.47 Å². The predicted molar refractivity (Wildman–Crippen MR) is 101 cm³/mol. The molecule has 2 heterocycles. The molecule has 29 heavy (non-hydrogen) atoms. The van der Waals surface area contributed by atoms with Crippen LogP contribution in [0.5, 0.6) is 0 Å². The molecular formula is C19H18F6O2S2. The summed E-state index contributed by atoms with van der Waals surface area (Å²) in [5.74, 6) is -15.6. The van der Waals surface area contributed by atoms with E-state index < -0.39 is 28.9 Å². The number of thiophene rings is 2. The van der Waals surface area contributed by atoms with Crippen LogP contribution >= 0.6 is 22.7 Å². The Balaban J connectivity index is 2.35. The molecule has 1 aliphatic rings. The van der Waals surface area contributed by atoms with Crippen molar-refractivity contribution in [3.8, 4) is 0 Å². The fourth-order valence-corrected chi connectivity index (χ4v) is 5.48. The Kier molecular flexibility index (Phi) is 5.70. The van der Waals surface area contributed by atoms with E-state index in [1.165, 1.54) is 40.2 Å². The summed E-state index contributed by atoms with van der Waals surface area (Å²) in [4.78, 5) is 1.43. The molecular weight excluding hydrogens is 438 g/mol. The molecule has 0 atom stereocenters. The van der Waals surface area contributed by atoms with Gasteiger partial charge in [-0.05, 0) is 37.1 Å². The van der Waals surface area contributed by atoms with Crippen molar-refractivity contribution < 1.29 is 35.8 Å². The van der Waals surface area contributed by atoms with Crippen molar-refractivity contribution >= 4 is 33.8 Å². The number of hydrogen-bond acceptors (Lipinski definition) is 4. The lowest BCUT2D eigenvalue weighted by atomic mass is 9.95. The molecule has 0 spiro atoms. The van der Waals surface area contributed by atoms with Crippen LogP contribution in [-0.2, 0) is 22.7 Å². The Morgan fingerprint density at radius 2 is 1.07 bits per heavy atom. The van der Waals surface area contributed by atoms with Crippen LogP contribution in [0.2, 0.25) is 0 Å². The van der Waals surface area contributed by atoms with Crippen LogP contribution in [0.15, 0.2) is 12.1 Å². The van der Waals surface area contributed by atoms with E-state index in [2.05, 4.69) is 0 Å². The average molecular weight is 456 g/mol. The highest BCUT2D eigenvalue weighted by Gasteiger charge is 2.80. The monoisotopic (exact) mass is 456 g/mol. The number of ether oxygens (including phenoxy) is 2. The van der Waals surface area contributed by atoms with Gasteiger partial charge in [0.1, 0.15) is 0 Å². The van der Waals surface area contributed by atoms with Gasteiger partial charge in [-0.25, -0.2) is 0 Å². The molecule has 160 valence electrons. The number of methoxy groups -OCH3 is 2. The normalized spacial score (nSPS) is 19.9. The summed E-state index contributed by atoms with van der Waals surface area (Å²) in [6.45, 7) is 2.99. The summed E-state index contributed by atoms with van der Waals surface area (Å²) in [5, 5.41) is 0. The molecule has 2 aromatic rings. The summed E-state index contributed by atoms with van der Waals surface area (Å²) in [6, 6.07) is 2.45. The molecule has 0 saturated carbocycles. The fraction of sp³-hybridized carbons (Fsp3) is 0.474. The fourth-order valence-electron chi connectivity index (χ4n) is 3.44. The smallest absolute Gasteiger partial charge is 0.379 e. The van der Waals surface area contributed by atoms with E-state index in [-0.39, 0.29) is 34.1 Å². The van der Waals surface area contributed by atoms with Crippen LogP contribution in [0, 0.1) is 13.8 Å². The van der Waals surface area contributed by atoms with Gasteiger partial charge in [0.15, 0.2) is 0 Å². The average Bonchev–Trinajstić information content (AvgIpc) is 3.17. The minimum atomic E-state index is -5.56. The van der Waals surface area contributed by atoms with Gasteiger partial charge in [-0.2, -0.15) is 26.3 Å². The van der Waals surface area contributed by atoms with Gasteiger partial charge in [0.05, 0.1) is 13.2 Å². The van der Waals surface area contributed by atoms with Crippen molar-refractivity contribution in [2.45, 2.75) is 44.8 Å². The third-order valence-electron chi connectivity index (χ3n) is 4.72. The van der Waals surface area contributed by atoms with Gasteiger partial charge in [0.2, 0.25) is 0 Å². The molecule has 0 saturated heterocycles. The molecule has 0 aliphatic heterocycles. The van der Waals surface area contributed by atoms with E-state index in [0.717, 1.165) is 22.7 Å². The van der Waals surface area contributed by atoms with E-state index in [9.17, 15) is 26.3 Å². The molecule has 3 rings (SSSR count). The van der Waals surface area contributed by atoms with Crippen LogP contribution in [-0.4, -0.2) is 32.0 Å². The number of halogens is 6. The number of aryl methyl sites for hydroxylation is 2. The third kappa shape index (κ3) is 3.24. The van der Waals surface area contributed by atoms with E-state index in [0.29, 0.717) is 9.75 Å². The molecule has 0 radical (unpaired) electrons. The van der Waals surface area contributed by atoms with E-state index in [1.807, 2.05) is 0 Å². The summed E-state index contributed by atoms with van der Waals surface area (Å²) in [6.07, 6.45) is 0. The molecule has 0 amide bonds. The zero-order valence-corrected chi connectivity index (χ0v) is 17.6. The number of hydrogen-bond donors (Lipinski definition) is 0. The molecule has 0 aromatic carbocycles. The molecule has 10 heteroatoms. The first-order valence-electron chi connectivity index (χ1n) is 8.46. The molecule has 2 nitrogen and oxygen atoms in total. The summed E-state index contributed by atoms with van der Waals surface area (Å²) >= 11 is 2.08. The lowest BCUT2D eigenvalue weighted by Crippen LogP contribution is -2.48. The molecule has 0 unspecified atom stereocenters. The second-order valence-electron chi connectivity index (χ2n) is 6.70. The first-order valence-corrected chi connectivity index (χ1v) is 10.1. The SMILES string of the molecule is COCc1cc(C2=C(c3cc(COC)sc3C)C(F)(F)C(F)(F)C2(F)F)c(C)s1. The minimum absolute atomic E-state index is 0.0575. The molecule has 0 bridgehead atoms. The largest absolute Gasteiger partial charge is 0.380 e. The van der Waals surface area contributed by atoms with Gasteiger partial charge in [0.25, 0.3) is 0 Å². The quantitative estimate of drug-likeness (QED) is 0.459. The van der Waals surface area contributed by atoms with E-state index >= 15 is 0 Å². The van der Waals surface area contributed by atoms with E-state index in [1.54, 1.807) is 0 Å². The van der Waals surface area contributed by atoms with Crippen molar-refractivity contribution in [3.05, 3.63) is 42.8 Å². The van der Waals surface area contributed by atoms with Crippen LogP contribution in [0.3, 0.4) is 0 Å². The van der Waals surface area contributed by atoms with Crippen molar-refractivity contribution in [3.63, 3.8) is 0 Å². The standard InChI is InChI=1S/C19H18F6O2S2/c1-9-13(5-11(28-9)7-26-3)15-16(14-6-12(8-27-4)29-10(14)2)18(22,23)19(24,25)17(15,20)21/h5-6H,7-8H2,1-4H3. The van der Waals surface area contributed by atoms with Gasteiger partial charge >= 0.3 is 17.8 Å². The maximum Gasteiger partial charge on any atom is 0.380 e. The molecule has 0 N–H and O–H groups in total. The predicted octanol–water partition coefficient (Wildman–Crippen LogP) is 6.55. The third-order valence-corrected chi connectivity index (χ3v) is 6.76. The molecule has 0 fully saturated rings. The Bertz CT molecular complexity index is 884. The number of rotatable bonds is 6. The maximum atomic E-state index is 14.8. The van der Waals surface area contributed by atoms with Gasteiger partial charge in [-0.3, -0.25) is 0 Å². The maximum absolute atomic E-state index is 14.8. The first-order chi connectivity index (χ1) is 13.4. The Morgan fingerprint density at radius 1 is 0.724 bits per heavy atom. The highest BCUT2D eigenvalue weighted by molar-refractivity contribution is 7.12. The molecule has 1 aliphatic carbocycles. The van der Waals surface area contributed by atoms with Gasteiger partial charge in [0, 0.05) is 44.9 Å². The van der Waals surface area contributed by atoms with Crippen LogP contribution in [0.4, 0.5) is 26.3 Å². The zero-order chi connectivity index (χ0) is 21.8. The highest BCUT2D eigenvalue weighted by atomic mass is 32.1. The minimum Gasteiger partial charge on any atom is -0.379 e. The van der Waals surface area contributed by atoms with Gasteiger partial charge in [-0.1, -0.05) is 0 Å². The Hall–Kier alpha value is -1.36. The zero-order valence-electron chi connectivity index (χ0n) is 16.0. The second kappa shape index (κ2) is 7.40. The van der Waals surface area contributed by atoms with Crippen molar-refractivity contribution in [1.29, 1.82) is 0 Å². The van der Waals surface area contributed by atoms with Crippen LogP contribution < -0.4 is 0 Å². The summed E-state index contributed by atoms with van der Waals surface area (Å²) in [7, 11) is 2.77. The number of allylic oxidation sites excluding steroid dienone is 2. The van der Waals surface area contributed by atoms with Crippen molar-refractivity contribution in [1.82, 2.24) is 0 Å². The van der Waals surface area contributed by atoms with Crippen LogP contribution in [0.25, 0.3) is 11.1 Å². The first kappa shape index (κ1) is 22.3. The Labute approximate surface area is 171 Å². The number of alkyl halides is 6. The summed E-state index contributed by atoms with van der Waals surface area (Å²) in [5.41, 5.74) is -3.27. The van der Waals surface area contributed by atoms with Gasteiger partial charge < -0.3 is 9.47 Å². The molecule has 2 aromatic heterocycles. The second-order valence-corrected chi connectivity index (χ2v) is 9.39. The van der Waals surface area contributed by atoms with Gasteiger partial charge in [-0.15, -0.1) is 22.7 Å². The lowest BCUT2D eigenvalue weighted by Gasteiger charge is -2.25. The van der Waals surface area contributed by atoms with Crippen LogP contribution in [0.1, 0.15) is 30.6 Å². The topological polar surface area (TPSA) is 18.5 Å². The van der Waals surface area contributed by atoms with Crippen molar-refractivity contribution in [2.75, 3.05) is 14.2 Å².